The minimum Gasteiger partial charge on any atom is -0.313 e. The fraction of sp³-hybridized carbons (Fsp3) is 0.455. The largest absolute Gasteiger partial charge is 0.313 e. The highest BCUT2D eigenvalue weighted by molar-refractivity contribution is 7.87. The summed E-state index contributed by atoms with van der Waals surface area (Å²) in [7, 11) is -1.79. The van der Waals surface area contributed by atoms with Gasteiger partial charge in [-0.15, -0.1) is 0 Å². The van der Waals surface area contributed by atoms with E-state index in [4.69, 9.17) is 0 Å². The summed E-state index contributed by atoms with van der Waals surface area (Å²) in [6, 6.07) is 9.57. The van der Waals surface area contributed by atoms with Gasteiger partial charge in [-0.3, -0.25) is 0 Å². The topological polar surface area (TPSA) is 61.4 Å². The quantitative estimate of drug-likeness (QED) is 0.774. The standard InChI is InChI=1S/C11H17N3O2S/c1-14(9-10-5-3-2-4-6-10)17(15,16)13-11-7-12-8-11/h2-6,11-13H,7-9H2,1H3. The summed E-state index contributed by atoms with van der Waals surface area (Å²) in [6.07, 6.45) is 0. The van der Waals surface area contributed by atoms with Gasteiger partial charge in [0.25, 0.3) is 10.2 Å². The van der Waals surface area contributed by atoms with Gasteiger partial charge in [0.15, 0.2) is 0 Å². The average Bonchev–Trinajstić information content (AvgIpc) is 2.25. The molecule has 2 rings (SSSR count). The van der Waals surface area contributed by atoms with Crippen LogP contribution in [0.3, 0.4) is 0 Å². The van der Waals surface area contributed by atoms with Crippen LogP contribution in [0, 0.1) is 0 Å². The van der Waals surface area contributed by atoms with Gasteiger partial charge in [-0.25, -0.2) is 0 Å². The molecule has 1 aliphatic rings. The molecule has 17 heavy (non-hydrogen) atoms. The van der Waals surface area contributed by atoms with Crippen LogP contribution in [0.15, 0.2) is 30.3 Å². The Morgan fingerprint density at radius 3 is 2.53 bits per heavy atom. The van der Waals surface area contributed by atoms with Gasteiger partial charge in [0.1, 0.15) is 0 Å². The zero-order valence-electron chi connectivity index (χ0n) is 9.76. The molecule has 0 radical (unpaired) electrons. The second-order valence-electron chi connectivity index (χ2n) is 4.22. The Morgan fingerprint density at radius 2 is 2.00 bits per heavy atom. The molecule has 6 heteroatoms. The molecule has 0 aliphatic carbocycles. The van der Waals surface area contributed by atoms with E-state index in [1.54, 1.807) is 7.05 Å². The number of hydrogen-bond acceptors (Lipinski definition) is 3. The molecular weight excluding hydrogens is 238 g/mol. The number of benzene rings is 1. The van der Waals surface area contributed by atoms with Crippen molar-refractivity contribution in [3.8, 4) is 0 Å². The second kappa shape index (κ2) is 5.14. The predicted octanol–water partition coefficient (Wildman–Crippen LogP) is -0.0754. The Morgan fingerprint density at radius 1 is 1.35 bits per heavy atom. The van der Waals surface area contributed by atoms with Gasteiger partial charge in [0.2, 0.25) is 0 Å². The lowest BCUT2D eigenvalue weighted by Crippen LogP contribution is -2.58. The fourth-order valence-electron chi connectivity index (χ4n) is 1.60. The fourth-order valence-corrected chi connectivity index (χ4v) is 2.68. The van der Waals surface area contributed by atoms with Gasteiger partial charge in [-0.05, 0) is 5.56 Å². The Kier molecular flexibility index (Phi) is 3.78. The molecule has 0 saturated carbocycles. The van der Waals surface area contributed by atoms with Crippen molar-refractivity contribution in [3.63, 3.8) is 0 Å². The van der Waals surface area contributed by atoms with E-state index in [1.165, 1.54) is 4.31 Å². The molecule has 2 N–H and O–H groups in total. The van der Waals surface area contributed by atoms with Gasteiger partial charge in [-0.1, -0.05) is 30.3 Å². The molecule has 5 nitrogen and oxygen atoms in total. The molecule has 0 aromatic heterocycles. The molecule has 1 aliphatic heterocycles. The highest BCUT2D eigenvalue weighted by Gasteiger charge is 2.25. The number of nitrogens with one attached hydrogen (secondary N) is 2. The lowest BCUT2D eigenvalue weighted by atomic mass is 10.2. The molecule has 0 bridgehead atoms. The predicted molar refractivity (Wildman–Crippen MR) is 66.6 cm³/mol. The summed E-state index contributed by atoms with van der Waals surface area (Å²) in [4.78, 5) is 0. The minimum absolute atomic E-state index is 0.0261. The number of hydrogen-bond donors (Lipinski definition) is 2. The summed E-state index contributed by atoms with van der Waals surface area (Å²) >= 11 is 0. The highest BCUT2D eigenvalue weighted by Crippen LogP contribution is 2.06. The van der Waals surface area contributed by atoms with Crippen LogP contribution < -0.4 is 10.0 Å². The normalized spacial score (nSPS) is 17.1. The smallest absolute Gasteiger partial charge is 0.279 e. The number of nitrogens with zero attached hydrogens (tertiary/aromatic N) is 1. The van der Waals surface area contributed by atoms with Crippen LogP contribution >= 0.6 is 0 Å². The summed E-state index contributed by atoms with van der Waals surface area (Å²) in [6.45, 7) is 1.80. The average molecular weight is 255 g/mol. The third kappa shape index (κ3) is 3.26. The first-order valence-electron chi connectivity index (χ1n) is 5.56. The van der Waals surface area contributed by atoms with E-state index in [0.717, 1.165) is 5.56 Å². The molecule has 94 valence electrons. The minimum atomic E-state index is -3.38. The van der Waals surface area contributed by atoms with Crippen molar-refractivity contribution in [2.24, 2.45) is 0 Å². The van der Waals surface area contributed by atoms with Crippen LogP contribution in [0.5, 0.6) is 0 Å². The lowest BCUT2D eigenvalue weighted by Gasteiger charge is -2.29. The van der Waals surface area contributed by atoms with E-state index < -0.39 is 10.2 Å². The van der Waals surface area contributed by atoms with Crippen LogP contribution in [0.25, 0.3) is 0 Å². The molecule has 0 atom stereocenters. The van der Waals surface area contributed by atoms with Crippen LogP contribution in [0.4, 0.5) is 0 Å². The first-order chi connectivity index (χ1) is 8.08. The first kappa shape index (κ1) is 12.5. The van der Waals surface area contributed by atoms with Crippen LogP contribution in [0.1, 0.15) is 5.56 Å². The molecular formula is C11H17N3O2S. The van der Waals surface area contributed by atoms with Gasteiger partial charge >= 0.3 is 0 Å². The van der Waals surface area contributed by atoms with Gasteiger partial charge < -0.3 is 5.32 Å². The Balaban J connectivity index is 1.96. The molecule has 1 aromatic carbocycles. The third-order valence-corrected chi connectivity index (χ3v) is 4.34. The van der Waals surface area contributed by atoms with Crippen LogP contribution in [-0.4, -0.2) is 38.9 Å². The molecule has 0 spiro atoms. The van der Waals surface area contributed by atoms with E-state index in [-0.39, 0.29) is 6.04 Å². The van der Waals surface area contributed by atoms with Crippen molar-refractivity contribution in [2.45, 2.75) is 12.6 Å². The zero-order valence-corrected chi connectivity index (χ0v) is 10.6. The lowest BCUT2D eigenvalue weighted by molar-refractivity contribution is 0.386. The molecule has 1 saturated heterocycles. The SMILES string of the molecule is CN(Cc1ccccc1)S(=O)(=O)NC1CNC1. The van der Waals surface area contributed by atoms with Crippen molar-refractivity contribution in [1.29, 1.82) is 0 Å². The van der Waals surface area contributed by atoms with Crippen molar-refractivity contribution >= 4 is 10.2 Å². The van der Waals surface area contributed by atoms with Crippen LogP contribution in [-0.2, 0) is 16.8 Å². The number of rotatable bonds is 5. The summed E-state index contributed by atoms with van der Waals surface area (Å²) in [5.41, 5.74) is 0.979. The Bertz CT molecular complexity index is 457. The second-order valence-corrected chi connectivity index (χ2v) is 6.03. The van der Waals surface area contributed by atoms with Crippen LogP contribution in [0.2, 0.25) is 0 Å². The van der Waals surface area contributed by atoms with E-state index in [0.29, 0.717) is 19.6 Å². The van der Waals surface area contributed by atoms with Crippen molar-refractivity contribution < 1.29 is 8.42 Å². The summed E-state index contributed by atoms with van der Waals surface area (Å²) in [5.74, 6) is 0. The van der Waals surface area contributed by atoms with Gasteiger partial charge in [0.05, 0.1) is 0 Å². The van der Waals surface area contributed by atoms with Gasteiger partial charge in [0, 0.05) is 32.7 Å². The molecule has 0 unspecified atom stereocenters. The first-order valence-corrected chi connectivity index (χ1v) is 7.00. The van der Waals surface area contributed by atoms with E-state index in [1.807, 2.05) is 30.3 Å². The van der Waals surface area contributed by atoms with E-state index in [2.05, 4.69) is 10.0 Å². The van der Waals surface area contributed by atoms with Crippen molar-refractivity contribution in [1.82, 2.24) is 14.3 Å². The Hall–Kier alpha value is -0.950. The monoisotopic (exact) mass is 255 g/mol. The third-order valence-electron chi connectivity index (χ3n) is 2.76. The molecule has 1 aromatic rings. The highest BCUT2D eigenvalue weighted by atomic mass is 32.2. The van der Waals surface area contributed by atoms with Gasteiger partial charge in [-0.2, -0.15) is 17.4 Å². The van der Waals surface area contributed by atoms with E-state index >= 15 is 0 Å². The maximum absolute atomic E-state index is 11.9. The maximum Gasteiger partial charge on any atom is 0.279 e. The maximum atomic E-state index is 11.9. The van der Waals surface area contributed by atoms with Crippen molar-refractivity contribution in [3.05, 3.63) is 35.9 Å². The Labute approximate surface area is 102 Å². The molecule has 1 heterocycles. The summed E-state index contributed by atoms with van der Waals surface area (Å²) < 4.78 is 27.8. The van der Waals surface area contributed by atoms with E-state index in [9.17, 15) is 8.42 Å². The summed E-state index contributed by atoms with van der Waals surface area (Å²) in [5, 5.41) is 3.03. The zero-order chi connectivity index (χ0) is 12.3. The molecule has 0 amide bonds. The molecule has 1 fully saturated rings. The van der Waals surface area contributed by atoms with Crippen molar-refractivity contribution in [2.75, 3.05) is 20.1 Å².